The average molecular weight is 243 g/mol. The first kappa shape index (κ1) is 11.5. The Hall–Kier alpha value is -1.03. The lowest BCUT2D eigenvalue weighted by Crippen LogP contribution is -2.40. The van der Waals surface area contributed by atoms with Crippen molar-refractivity contribution >= 4 is 11.6 Å². The Balaban J connectivity index is 2.47. The highest BCUT2D eigenvalue weighted by Crippen LogP contribution is 2.31. The summed E-state index contributed by atoms with van der Waals surface area (Å²) in [6.07, 6.45) is 4.21. The van der Waals surface area contributed by atoms with Gasteiger partial charge in [-0.2, -0.15) is 0 Å². The number of halogens is 1. The van der Waals surface area contributed by atoms with E-state index in [0.717, 1.165) is 19.3 Å². The summed E-state index contributed by atoms with van der Waals surface area (Å²) in [6.45, 7) is 2.09. The van der Waals surface area contributed by atoms with Gasteiger partial charge in [-0.15, -0.1) is 0 Å². The van der Waals surface area contributed by atoms with E-state index in [1.807, 2.05) is 0 Å². The second-order valence-electron chi connectivity index (χ2n) is 4.46. The van der Waals surface area contributed by atoms with Gasteiger partial charge in [0.1, 0.15) is 5.15 Å². The zero-order valence-electron chi connectivity index (χ0n) is 9.20. The molecule has 0 aliphatic heterocycles. The molecule has 1 aromatic heterocycles. The summed E-state index contributed by atoms with van der Waals surface area (Å²) in [4.78, 5) is 26.0. The van der Waals surface area contributed by atoms with Crippen LogP contribution in [-0.2, 0) is 0 Å². The van der Waals surface area contributed by atoms with Crippen LogP contribution in [0.2, 0.25) is 5.15 Å². The number of nitrogens with one attached hydrogen (secondary N) is 1. The summed E-state index contributed by atoms with van der Waals surface area (Å²) >= 11 is 5.63. The molecule has 2 atom stereocenters. The molecule has 1 saturated carbocycles. The van der Waals surface area contributed by atoms with E-state index in [-0.39, 0.29) is 16.8 Å². The van der Waals surface area contributed by atoms with E-state index in [1.165, 1.54) is 17.1 Å². The lowest BCUT2D eigenvalue weighted by atomic mass is 9.86. The molecule has 1 heterocycles. The fourth-order valence-corrected chi connectivity index (χ4v) is 2.64. The minimum Gasteiger partial charge on any atom is -0.298 e. The molecule has 1 aliphatic carbocycles. The van der Waals surface area contributed by atoms with E-state index in [1.54, 1.807) is 0 Å². The maximum atomic E-state index is 11.8. The second-order valence-corrected chi connectivity index (χ2v) is 4.87. The molecule has 0 amide bonds. The zero-order valence-corrected chi connectivity index (χ0v) is 9.96. The lowest BCUT2D eigenvalue weighted by Gasteiger charge is -2.29. The van der Waals surface area contributed by atoms with Crippen molar-refractivity contribution in [3.8, 4) is 0 Å². The van der Waals surface area contributed by atoms with Crippen LogP contribution in [0.3, 0.4) is 0 Å². The van der Waals surface area contributed by atoms with Crippen molar-refractivity contribution in [2.24, 2.45) is 5.92 Å². The van der Waals surface area contributed by atoms with E-state index in [9.17, 15) is 9.59 Å². The van der Waals surface area contributed by atoms with Gasteiger partial charge in [0.2, 0.25) is 0 Å². The van der Waals surface area contributed by atoms with Crippen LogP contribution in [-0.4, -0.2) is 9.55 Å². The molecule has 0 saturated heterocycles. The van der Waals surface area contributed by atoms with Crippen LogP contribution in [0.4, 0.5) is 0 Å². The molecule has 1 aliphatic rings. The quantitative estimate of drug-likeness (QED) is 0.766. The predicted molar refractivity (Wildman–Crippen MR) is 63.0 cm³/mol. The molecule has 0 bridgehead atoms. The van der Waals surface area contributed by atoms with Gasteiger partial charge in [-0.1, -0.05) is 31.4 Å². The van der Waals surface area contributed by atoms with E-state index in [0.29, 0.717) is 5.92 Å². The SMILES string of the molecule is CC1CCCCC1n1c(=O)cc(Cl)[nH]c1=O. The summed E-state index contributed by atoms with van der Waals surface area (Å²) in [7, 11) is 0. The number of hydrogen-bond donors (Lipinski definition) is 1. The fraction of sp³-hybridized carbons (Fsp3) is 0.636. The van der Waals surface area contributed by atoms with Crippen molar-refractivity contribution in [3.63, 3.8) is 0 Å². The van der Waals surface area contributed by atoms with Gasteiger partial charge in [-0.05, 0) is 18.8 Å². The summed E-state index contributed by atoms with van der Waals surface area (Å²) < 4.78 is 1.32. The molecule has 4 nitrogen and oxygen atoms in total. The number of rotatable bonds is 1. The molecular formula is C11H15ClN2O2. The van der Waals surface area contributed by atoms with Crippen LogP contribution in [0, 0.1) is 5.92 Å². The second kappa shape index (κ2) is 4.45. The molecule has 0 radical (unpaired) electrons. The molecule has 0 aromatic carbocycles. The molecule has 16 heavy (non-hydrogen) atoms. The smallest absolute Gasteiger partial charge is 0.298 e. The Labute approximate surface area is 98.3 Å². The topological polar surface area (TPSA) is 54.9 Å². The van der Waals surface area contributed by atoms with Crippen molar-refractivity contribution in [1.82, 2.24) is 9.55 Å². The average Bonchev–Trinajstić information content (AvgIpc) is 2.19. The summed E-state index contributed by atoms with van der Waals surface area (Å²) in [5.74, 6) is 0.369. The zero-order chi connectivity index (χ0) is 11.7. The Kier molecular flexibility index (Phi) is 3.19. The number of H-pyrrole nitrogens is 1. The third kappa shape index (κ3) is 2.07. The third-order valence-electron chi connectivity index (χ3n) is 3.33. The van der Waals surface area contributed by atoms with E-state index >= 15 is 0 Å². The molecule has 2 rings (SSSR count). The molecule has 0 spiro atoms. The Morgan fingerprint density at radius 3 is 2.69 bits per heavy atom. The normalized spacial score (nSPS) is 25.6. The number of aromatic amines is 1. The van der Waals surface area contributed by atoms with Gasteiger partial charge < -0.3 is 0 Å². The van der Waals surface area contributed by atoms with Gasteiger partial charge in [0.15, 0.2) is 0 Å². The molecule has 2 unspecified atom stereocenters. The van der Waals surface area contributed by atoms with Crippen LogP contribution in [0.15, 0.2) is 15.7 Å². The van der Waals surface area contributed by atoms with Crippen molar-refractivity contribution in [2.75, 3.05) is 0 Å². The van der Waals surface area contributed by atoms with Gasteiger partial charge >= 0.3 is 5.69 Å². The highest BCUT2D eigenvalue weighted by atomic mass is 35.5. The molecule has 1 aromatic rings. The van der Waals surface area contributed by atoms with Gasteiger partial charge in [0.25, 0.3) is 5.56 Å². The molecule has 88 valence electrons. The third-order valence-corrected chi connectivity index (χ3v) is 3.53. The van der Waals surface area contributed by atoms with Crippen molar-refractivity contribution in [2.45, 2.75) is 38.6 Å². The molecule has 1 fully saturated rings. The highest BCUT2D eigenvalue weighted by Gasteiger charge is 2.25. The van der Waals surface area contributed by atoms with Crippen molar-refractivity contribution in [1.29, 1.82) is 0 Å². The largest absolute Gasteiger partial charge is 0.329 e. The fourth-order valence-electron chi connectivity index (χ4n) is 2.47. The first-order chi connectivity index (χ1) is 7.59. The van der Waals surface area contributed by atoms with E-state index in [4.69, 9.17) is 11.6 Å². The Morgan fingerprint density at radius 1 is 1.38 bits per heavy atom. The summed E-state index contributed by atoms with van der Waals surface area (Å²) in [6, 6.07) is 1.28. The van der Waals surface area contributed by atoms with Gasteiger partial charge in [-0.25, -0.2) is 4.79 Å². The van der Waals surface area contributed by atoms with Crippen LogP contribution in [0.5, 0.6) is 0 Å². The number of nitrogens with zero attached hydrogens (tertiary/aromatic N) is 1. The first-order valence-electron chi connectivity index (χ1n) is 5.61. The van der Waals surface area contributed by atoms with Crippen molar-refractivity contribution < 1.29 is 0 Å². The highest BCUT2D eigenvalue weighted by molar-refractivity contribution is 6.29. The Morgan fingerprint density at radius 2 is 2.06 bits per heavy atom. The predicted octanol–water partition coefficient (Wildman–Crippen LogP) is 1.94. The Bertz CT molecular complexity index is 460. The van der Waals surface area contributed by atoms with Crippen LogP contribution >= 0.6 is 11.6 Å². The summed E-state index contributed by atoms with van der Waals surface area (Å²) in [5, 5.41) is 0.106. The first-order valence-corrected chi connectivity index (χ1v) is 5.99. The standard InChI is InChI=1S/C11H15ClN2O2/c1-7-4-2-3-5-8(7)14-10(15)6-9(12)13-11(14)16/h6-8H,2-5H2,1H3,(H,13,16). The van der Waals surface area contributed by atoms with Crippen LogP contribution < -0.4 is 11.2 Å². The molecule has 1 N–H and O–H groups in total. The number of hydrogen-bond acceptors (Lipinski definition) is 2. The lowest BCUT2D eigenvalue weighted by molar-refractivity contribution is 0.245. The van der Waals surface area contributed by atoms with Crippen LogP contribution in [0.25, 0.3) is 0 Å². The van der Waals surface area contributed by atoms with E-state index < -0.39 is 5.69 Å². The maximum absolute atomic E-state index is 11.8. The monoisotopic (exact) mass is 242 g/mol. The molecular weight excluding hydrogens is 228 g/mol. The minimum atomic E-state index is -0.392. The van der Waals surface area contributed by atoms with Gasteiger partial charge in [0.05, 0.1) is 0 Å². The van der Waals surface area contributed by atoms with E-state index in [2.05, 4.69) is 11.9 Å². The van der Waals surface area contributed by atoms with Crippen LogP contribution in [0.1, 0.15) is 38.6 Å². The van der Waals surface area contributed by atoms with Gasteiger partial charge in [0, 0.05) is 12.1 Å². The van der Waals surface area contributed by atoms with Gasteiger partial charge in [-0.3, -0.25) is 14.3 Å². The maximum Gasteiger partial charge on any atom is 0.329 e. The minimum absolute atomic E-state index is 0.0160. The molecule has 5 heteroatoms. The number of aromatic nitrogens is 2. The van der Waals surface area contributed by atoms with Crippen molar-refractivity contribution in [3.05, 3.63) is 32.1 Å². The summed E-state index contributed by atoms with van der Waals surface area (Å²) in [5.41, 5.74) is -0.691.